The molecule has 2 aliphatic rings. The number of fused-ring (bicyclic) bond motifs is 1. The molecule has 0 spiro atoms. The topological polar surface area (TPSA) is 21.6 Å². The summed E-state index contributed by atoms with van der Waals surface area (Å²) in [7, 11) is 0. The van der Waals surface area contributed by atoms with Crippen LogP contribution in [0.2, 0.25) is 0 Å². The molecular weight excluding hydrogens is 114 g/mol. The van der Waals surface area contributed by atoms with Crippen LogP contribution in [0.3, 0.4) is 0 Å². The minimum atomic E-state index is 0.162. The first-order chi connectivity index (χ1) is 4.38. The third-order valence-corrected chi connectivity index (χ3v) is 1.57. The van der Waals surface area contributed by atoms with E-state index in [0.717, 1.165) is 5.71 Å². The molecule has 0 saturated heterocycles. The van der Waals surface area contributed by atoms with Gasteiger partial charge in [0.25, 0.3) is 0 Å². The third kappa shape index (κ3) is 0.529. The fourth-order valence-electron chi connectivity index (χ4n) is 0.975. The summed E-state index contributed by atoms with van der Waals surface area (Å²) in [6, 6.07) is 0. The number of oxime groups is 1. The third-order valence-electron chi connectivity index (χ3n) is 1.57. The molecule has 0 unspecified atom stereocenters. The minimum Gasteiger partial charge on any atom is -0.381 e. The van der Waals surface area contributed by atoms with Crippen LogP contribution in [0.15, 0.2) is 29.0 Å². The highest BCUT2D eigenvalue weighted by molar-refractivity contribution is 6.07. The molecule has 0 bridgehead atoms. The van der Waals surface area contributed by atoms with E-state index in [9.17, 15) is 0 Å². The normalized spacial score (nSPS) is 29.2. The van der Waals surface area contributed by atoms with Crippen molar-refractivity contribution >= 4 is 5.71 Å². The number of rotatable bonds is 0. The SMILES string of the molecule is CC1=CC=C[C@@H]2ON=C12. The molecular formula is C7H7NO. The van der Waals surface area contributed by atoms with Crippen molar-refractivity contribution in [2.45, 2.75) is 13.0 Å². The molecule has 2 rings (SSSR count). The van der Waals surface area contributed by atoms with E-state index in [1.165, 1.54) is 5.57 Å². The highest BCUT2D eigenvalue weighted by Crippen LogP contribution is 2.20. The van der Waals surface area contributed by atoms with E-state index in [1.807, 2.05) is 25.2 Å². The molecule has 1 atom stereocenters. The Bertz CT molecular complexity index is 225. The molecule has 0 N–H and O–H groups in total. The van der Waals surface area contributed by atoms with Crippen LogP contribution >= 0.6 is 0 Å². The fraction of sp³-hybridized carbons (Fsp3) is 0.286. The quantitative estimate of drug-likeness (QED) is 0.472. The van der Waals surface area contributed by atoms with Crippen molar-refractivity contribution in [2.24, 2.45) is 5.16 Å². The first-order valence-electron chi connectivity index (χ1n) is 2.97. The van der Waals surface area contributed by atoms with E-state index in [1.54, 1.807) is 0 Å². The van der Waals surface area contributed by atoms with Crippen LogP contribution in [0.1, 0.15) is 6.92 Å². The van der Waals surface area contributed by atoms with Gasteiger partial charge < -0.3 is 4.84 Å². The maximum atomic E-state index is 4.87. The lowest BCUT2D eigenvalue weighted by molar-refractivity contribution is 0.0919. The second kappa shape index (κ2) is 1.47. The Hall–Kier alpha value is -1.05. The lowest BCUT2D eigenvalue weighted by atomic mass is 10.0. The molecule has 0 aromatic carbocycles. The highest BCUT2D eigenvalue weighted by atomic mass is 16.7. The summed E-state index contributed by atoms with van der Waals surface area (Å²) >= 11 is 0. The van der Waals surface area contributed by atoms with Gasteiger partial charge in [-0.05, 0) is 18.6 Å². The Morgan fingerprint density at radius 3 is 3.00 bits per heavy atom. The molecule has 2 nitrogen and oxygen atoms in total. The van der Waals surface area contributed by atoms with Gasteiger partial charge in [0.2, 0.25) is 0 Å². The molecule has 0 aromatic rings. The molecule has 2 heteroatoms. The zero-order valence-electron chi connectivity index (χ0n) is 5.16. The summed E-state index contributed by atoms with van der Waals surface area (Å²) < 4.78 is 0. The zero-order valence-corrected chi connectivity index (χ0v) is 5.16. The summed E-state index contributed by atoms with van der Waals surface area (Å²) in [6.45, 7) is 2.04. The number of nitrogens with zero attached hydrogens (tertiary/aromatic N) is 1. The fourth-order valence-corrected chi connectivity index (χ4v) is 0.975. The van der Waals surface area contributed by atoms with Crippen LogP contribution in [0.25, 0.3) is 0 Å². The smallest absolute Gasteiger partial charge is 0.191 e. The average molecular weight is 121 g/mol. The van der Waals surface area contributed by atoms with Crippen molar-refractivity contribution in [1.82, 2.24) is 0 Å². The van der Waals surface area contributed by atoms with Gasteiger partial charge in [-0.3, -0.25) is 0 Å². The van der Waals surface area contributed by atoms with Crippen LogP contribution in [-0.4, -0.2) is 11.8 Å². The molecule has 1 aliphatic carbocycles. The molecule has 0 saturated carbocycles. The van der Waals surface area contributed by atoms with E-state index in [-0.39, 0.29) is 6.10 Å². The van der Waals surface area contributed by atoms with E-state index in [2.05, 4.69) is 5.16 Å². The summed E-state index contributed by atoms with van der Waals surface area (Å²) in [6.07, 6.45) is 6.20. The number of hydrogen-bond acceptors (Lipinski definition) is 2. The van der Waals surface area contributed by atoms with Gasteiger partial charge in [-0.15, -0.1) is 0 Å². The van der Waals surface area contributed by atoms with Crippen molar-refractivity contribution in [2.75, 3.05) is 0 Å². The molecule has 0 amide bonds. The predicted octanol–water partition coefficient (Wildman–Crippen LogP) is 1.26. The average Bonchev–Trinajstić information content (AvgIpc) is 1.74. The Morgan fingerprint density at radius 1 is 1.67 bits per heavy atom. The van der Waals surface area contributed by atoms with Crippen molar-refractivity contribution in [3.63, 3.8) is 0 Å². The van der Waals surface area contributed by atoms with Crippen LogP contribution in [0, 0.1) is 0 Å². The predicted molar refractivity (Wildman–Crippen MR) is 35.2 cm³/mol. The van der Waals surface area contributed by atoms with Gasteiger partial charge in [0.05, 0.1) is 0 Å². The first-order valence-corrected chi connectivity index (χ1v) is 2.97. The summed E-state index contributed by atoms with van der Waals surface area (Å²) in [4.78, 5) is 4.87. The molecule has 0 fully saturated rings. The highest BCUT2D eigenvalue weighted by Gasteiger charge is 2.26. The summed E-state index contributed by atoms with van der Waals surface area (Å²) in [5.74, 6) is 0. The maximum Gasteiger partial charge on any atom is 0.191 e. The lowest BCUT2D eigenvalue weighted by Crippen LogP contribution is -2.31. The minimum absolute atomic E-state index is 0.162. The van der Waals surface area contributed by atoms with Crippen molar-refractivity contribution in [3.05, 3.63) is 23.8 Å². The Labute approximate surface area is 53.5 Å². The second-order valence-electron chi connectivity index (χ2n) is 2.24. The molecule has 46 valence electrons. The maximum absolute atomic E-state index is 4.87. The van der Waals surface area contributed by atoms with Crippen molar-refractivity contribution < 1.29 is 4.84 Å². The largest absolute Gasteiger partial charge is 0.381 e. The van der Waals surface area contributed by atoms with Gasteiger partial charge in [-0.25, -0.2) is 0 Å². The van der Waals surface area contributed by atoms with Crippen molar-refractivity contribution in [3.8, 4) is 0 Å². The molecule has 1 aliphatic heterocycles. The van der Waals surface area contributed by atoms with Gasteiger partial charge in [0.1, 0.15) is 5.71 Å². The summed E-state index contributed by atoms with van der Waals surface area (Å²) in [5, 5.41) is 3.77. The standard InChI is InChI=1S/C7H7NO/c1-5-3-2-4-6-7(5)8-9-6/h2-4,6H,1H3/t6-/m0/s1. The van der Waals surface area contributed by atoms with Crippen LogP contribution in [-0.2, 0) is 4.84 Å². The lowest BCUT2D eigenvalue weighted by Gasteiger charge is -2.24. The van der Waals surface area contributed by atoms with Gasteiger partial charge in [-0.1, -0.05) is 17.3 Å². The Balaban J connectivity index is 2.41. The zero-order chi connectivity index (χ0) is 6.27. The van der Waals surface area contributed by atoms with Gasteiger partial charge in [0.15, 0.2) is 6.10 Å². The molecule has 0 radical (unpaired) electrons. The monoisotopic (exact) mass is 121 g/mol. The van der Waals surface area contributed by atoms with E-state index >= 15 is 0 Å². The van der Waals surface area contributed by atoms with Crippen LogP contribution in [0.4, 0.5) is 0 Å². The van der Waals surface area contributed by atoms with Gasteiger partial charge >= 0.3 is 0 Å². The Kier molecular flexibility index (Phi) is 0.781. The second-order valence-corrected chi connectivity index (χ2v) is 2.24. The number of allylic oxidation sites excluding steroid dienone is 2. The molecule has 9 heavy (non-hydrogen) atoms. The Morgan fingerprint density at radius 2 is 2.56 bits per heavy atom. The number of hydrogen-bond donors (Lipinski definition) is 0. The van der Waals surface area contributed by atoms with Gasteiger partial charge in [0, 0.05) is 0 Å². The van der Waals surface area contributed by atoms with Crippen molar-refractivity contribution in [1.29, 1.82) is 0 Å². The van der Waals surface area contributed by atoms with Crippen LogP contribution in [0.5, 0.6) is 0 Å². The van der Waals surface area contributed by atoms with Crippen LogP contribution < -0.4 is 0 Å². The molecule has 1 heterocycles. The summed E-state index contributed by atoms with van der Waals surface area (Å²) in [5.41, 5.74) is 2.30. The molecule has 0 aromatic heterocycles. The van der Waals surface area contributed by atoms with E-state index in [4.69, 9.17) is 4.84 Å². The van der Waals surface area contributed by atoms with E-state index < -0.39 is 0 Å². The van der Waals surface area contributed by atoms with E-state index in [0.29, 0.717) is 0 Å². The first kappa shape index (κ1) is 4.79. The van der Waals surface area contributed by atoms with Gasteiger partial charge in [-0.2, -0.15) is 0 Å².